The molecule has 0 aromatic carbocycles. The summed E-state index contributed by atoms with van der Waals surface area (Å²) < 4.78 is 0. The second-order valence-electron chi connectivity index (χ2n) is 3.61. The van der Waals surface area contributed by atoms with E-state index in [1.54, 1.807) is 6.92 Å². The van der Waals surface area contributed by atoms with Crippen molar-refractivity contribution in [3.8, 4) is 0 Å². The van der Waals surface area contributed by atoms with E-state index in [0.29, 0.717) is 0 Å². The van der Waals surface area contributed by atoms with Crippen LogP contribution in [0.15, 0.2) is 0 Å². The van der Waals surface area contributed by atoms with Crippen molar-refractivity contribution in [1.82, 2.24) is 5.32 Å². The van der Waals surface area contributed by atoms with E-state index in [-0.39, 0.29) is 17.6 Å². The van der Waals surface area contributed by atoms with Gasteiger partial charge >= 0.3 is 0 Å². The standard InChI is InChI=1S/C9H18N2O2/c1-5(2)8(10)9(13)11-6(3)7(4)12/h5-6,8H,10H2,1-4H3,(H,11,13)/t6-,8+/m0/s1. The van der Waals surface area contributed by atoms with E-state index in [0.717, 1.165) is 0 Å². The number of hydrogen-bond acceptors (Lipinski definition) is 3. The van der Waals surface area contributed by atoms with Crippen LogP contribution in [0.1, 0.15) is 27.7 Å². The zero-order valence-corrected chi connectivity index (χ0v) is 8.63. The molecule has 0 spiro atoms. The van der Waals surface area contributed by atoms with Crippen LogP contribution >= 0.6 is 0 Å². The maximum Gasteiger partial charge on any atom is 0.237 e. The van der Waals surface area contributed by atoms with Crippen molar-refractivity contribution in [3.63, 3.8) is 0 Å². The van der Waals surface area contributed by atoms with Gasteiger partial charge in [0.2, 0.25) is 5.91 Å². The number of rotatable bonds is 4. The number of ketones is 1. The summed E-state index contributed by atoms with van der Waals surface area (Å²) in [5.74, 6) is -0.249. The van der Waals surface area contributed by atoms with Gasteiger partial charge in [-0.05, 0) is 19.8 Å². The molecule has 0 aromatic heterocycles. The van der Waals surface area contributed by atoms with Crippen LogP contribution in [0, 0.1) is 5.92 Å². The van der Waals surface area contributed by atoms with Gasteiger partial charge in [0.25, 0.3) is 0 Å². The van der Waals surface area contributed by atoms with E-state index in [1.807, 2.05) is 13.8 Å². The van der Waals surface area contributed by atoms with Crippen molar-refractivity contribution in [3.05, 3.63) is 0 Å². The number of amides is 1. The first-order valence-electron chi connectivity index (χ1n) is 4.42. The highest BCUT2D eigenvalue weighted by Crippen LogP contribution is 1.98. The molecule has 0 saturated heterocycles. The first kappa shape index (κ1) is 12.1. The quantitative estimate of drug-likeness (QED) is 0.652. The first-order valence-corrected chi connectivity index (χ1v) is 4.42. The summed E-state index contributed by atoms with van der Waals surface area (Å²) in [5.41, 5.74) is 5.59. The van der Waals surface area contributed by atoms with Crippen molar-refractivity contribution in [2.75, 3.05) is 0 Å². The molecule has 0 rings (SSSR count). The van der Waals surface area contributed by atoms with Gasteiger partial charge in [-0.15, -0.1) is 0 Å². The molecular weight excluding hydrogens is 168 g/mol. The van der Waals surface area contributed by atoms with E-state index in [1.165, 1.54) is 6.92 Å². The van der Waals surface area contributed by atoms with E-state index in [2.05, 4.69) is 5.32 Å². The van der Waals surface area contributed by atoms with Crippen molar-refractivity contribution >= 4 is 11.7 Å². The van der Waals surface area contributed by atoms with Gasteiger partial charge in [0.05, 0.1) is 12.1 Å². The third-order valence-corrected chi connectivity index (χ3v) is 1.99. The second kappa shape index (κ2) is 4.97. The predicted molar refractivity (Wildman–Crippen MR) is 51.1 cm³/mol. The molecule has 1 amide bonds. The Morgan fingerprint density at radius 3 is 2.00 bits per heavy atom. The first-order chi connectivity index (χ1) is 5.86. The molecule has 0 saturated carbocycles. The maximum atomic E-state index is 11.3. The van der Waals surface area contributed by atoms with E-state index < -0.39 is 12.1 Å². The fourth-order valence-corrected chi connectivity index (χ4v) is 0.714. The van der Waals surface area contributed by atoms with Crippen molar-refractivity contribution in [1.29, 1.82) is 0 Å². The lowest BCUT2D eigenvalue weighted by Crippen LogP contribution is -2.48. The highest BCUT2D eigenvalue weighted by atomic mass is 16.2. The van der Waals surface area contributed by atoms with Crippen LogP contribution in [0.25, 0.3) is 0 Å². The van der Waals surface area contributed by atoms with E-state index in [9.17, 15) is 9.59 Å². The Balaban J connectivity index is 4.08. The molecule has 4 heteroatoms. The maximum absolute atomic E-state index is 11.3. The van der Waals surface area contributed by atoms with Crippen LogP contribution < -0.4 is 11.1 Å². The monoisotopic (exact) mass is 186 g/mol. The molecule has 76 valence electrons. The molecule has 2 atom stereocenters. The summed E-state index contributed by atoms with van der Waals surface area (Å²) in [6.07, 6.45) is 0. The average molecular weight is 186 g/mol. The largest absolute Gasteiger partial charge is 0.345 e. The van der Waals surface area contributed by atoms with Crippen LogP contribution in [0.4, 0.5) is 0 Å². The van der Waals surface area contributed by atoms with Crippen molar-refractivity contribution in [2.24, 2.45) is 11.7 Å². The van der Waals surface area contributed by atoms with Gasteiger partial charge in [-0.3, -0.25) is 9.59 Å². The minimum absolute atomic E-state index is 0.0655. The van der Waals surface area contributed by atoms with Crippen LogP contribution in [0.5, 0.6) is 0 Å². The molecular formula is C9H18N2O2. The molecule has 0 aliphatic heterocycles. The Bertz CT molecular complexity index is 202. The molecule has 0 heterocycles. The Hall–Kier alpha value is -0.900. The van der Waals surface area contributed by atoms with Crippen molar-refractivity contribution in [2.45, 2.75) is 39.8 Å². The molecule has 0 bridgehead atoms. The molecule has 0 aliphatic carbocycles. The summed E-state index contributed by atoms with van der Waals surface area (Å²) in [6.45, 7) is 6.81. The third-order valence-electron chi connectivity index (χ3n) is 1.99. The Morgan fingerprint density at radius 2 is 1.69 bits per heavy atom. The lowest BCUT2D eigenvalue weighted by molar-refractivity contribution is -0.127. The Kier molecular flexibility index (Phi) is 4.62. The molecule has 3 N–H and O–H groups in total. The summed E-state index contributed by atoms with van der Waals surface area (Å²) in [5, 5.41) is 2.55. The van der Waals surface area contributed by atoms with E-state index >= 15 is 0 Å². The van der Waals surface area contributed by atoms with Gasteiger partial charge in [-0.2, -0.15) is 0 Å². The molecule has 0 unspecified atom stereocenters. The van der Waals surface area contributed by atoms with Gasteiger partial charge < -0.3 is 11.1 Å². The van der Waals surface area contributed by atoms with Gasteiger partial charge in [-0.1, -0.05) is 13.8 Å². The van der Waals surface area contributed by atoms with Crippen LogP contribution in [-0.2, 0) is 9.59 Å². The third kappa shape index (κ3) is 4.03. The summed E-state index contributed by atoms with van der Waals surface area (Å²) in [6, 6.07) is -0.987. The number of nitrogens with one attached hydrogen (secondary N) is 1. The normalized spacial score (nSPS) is 15.2. The molecule has 0 radical (unpaired) electrons. The van der Waals surface area contributed by atoms with E-state index in [4.69, 9.17) is 5.73 Å². The molecule has 0 aromatic rings. The topological polar surface area (TPSA) is 72.2 Å². The highest BCUT2D eigenvalue weighted by molar-refractivity contribution is 5.89. The summed E-state index contributed by atoms with van der Waals surface area (Å²) in [4.78, 5) is 22.1. The van der Waals surface area contributed by atoms with Crippen molar-refractivity contribution < 1.29 is 9.59 Å². The average Bonchev–Trinajstić information content (AvgIpc) is 2.02. The smallest absolute Gasteiger partial charge is 0.237 e. The fraction of sp³-hybridized carbons (Fsp3) is 0.778. The number of Topliss-reactive ketones (excluding diaryl/α,β-unsaturated/α-hetero) is 1. The molecule has 0 aliphatic rings. The lowest BCUT2D eigenvalue weighted by atomic mass is 10.0. The summed E-state index contributed by atoms with van der Waals surface area (Å²) >= 11 is 0. The number of carbonyl (C=O) groups is 2. The summed E-state index contributed by atoms with van der Waals surface area (Å²) in [7, 11) is 0. The minimum Gasteiger partial charge on any atom is -0.345 e. The SMILES string of the molecule is CC(=O)[C@H](C)NC(=O)[C@H](N)C(C)C. The van der Waals surface area contributed by atoms with Gasteiger partial charge in [0.1, 0.15) is 0 Å². The predicted octanol–water partition coefficient (Wildman–Crippen LogP) is 0.0634. The highest BCUT2D eigenvalue weighted by Gasteiger charge is 2.19. The Labute approximate surface area is 78.9 Å². The number of carbonyl (C=O) groups excluding carboxylic acids is 2. The zero-order valence-electron chi connectivity index (χ0n) is 8.63. The van der Waals surface area contributed by atoms with Gasteiger partial charge in [0.15, 0.2) is 5.78 Å². The molecule has 0 fully saturated rings. The lowest BCUT2D eigenvalue weighted by Gasteiger charge is -2.17. The van der Waals surface area contributed by atoms with Crippen LogP contribution in [-0.4, -0.2) is 23.8 Å². The molecule has 13 heavy (non-hydrogen) atoms. The number of nitrogens with two attached hydrogens (primary N) is 1. The zero-order chi connectivity index (χ0) is 10.6. The number of hydrogen-bond donors (Lipinski definition) is 2. The minimum atomic E-state index is -0.540. The molecule has 4 nitrogen and oxygen atoms in total. The van der Waals surface area contributed by atoms with Gasteiger partial charge in [-0.25, -0.2) is 0 Å². The second-order valence-corrected chi connectivity index (χ2v) is 3.61. The van der Waals surface area contributed by atoms with Crippen LogP contribution in [0.3, 0.4) is 0 Å². The fourth-order valence-electron chi connectivity index (χ4n) is 0.714. The Morgan fingerprint density at radius 1 is 1.23 bits per heavy atom. The van der Waals surface area contributed by atoms with Gasteiger partial charge in [0, 0.05) is 0 Å². The van der Waals surface area contributed by atoms with Crippen LogP contribution in [0.2, 0.25) is 0 Å².